The summed E-state index contributed by atoms with van der Waals surface area (Å²) in [5, 5.41) is 4.06. The molecule has 0 fully saturated rings. The normalized spacial score (nSPS) is 10.3. The Hall–Kier alpha value is -0.460. The molecule has 0 aliphatic carbocycles. The molecule has 0 aliphatic heterocycles. The molecule has 0 radical (unpaired) electrons. The van der Waals surface area contributed by atoms with E-state index in [-0.39, 0.29) is 0 Å². The van der Waals surface area contributed by atoms with Crippen molar-refractivity contribution in [2.45, 2.75) is 6.54 Å². The van der Waals surface area contributed by atoms with Gasteiger partial charge in [-0.3, -0.25) is 0 Å². The molecule has 1 N–H and O–H groups in total. The summed E-state index contributed by atoms with van der Waals surface area (Å²) in [6, 6.07) is 11.8. The van der Waals surface area contributed by atoms with Gasteiger partial charge in [-0.2, -0.15) is 0 Å². The van der Waals surface area contributed by atoms with Crippen LogP contribution in [-0.4, -0.2) is 7.11 Å². The molecule has 0 saturated heterocycles. The maximum atomic E-state index is 6.19. The Labute approximate surface area is 139 Å². The summed E-state index contributed by atoms with van der Waals surface area (Å²) >= 11 is 12.0. The topological polar surface area (TPSA) is 21.3 Å². The van der Waals surface area contributed by atoms with Gasteiger partial charge in [0.1, 0.15) is 5.75 Å². The second-order valence-corrected chi connectivity index (χ2v) is 6.44. The number of hydrogen-bond acceptors (Lipinski definition) is 2. The molecule has 0 saturated carbocycles. The van der Waals surface area contributed by atoms with Crippen molar-refractivity contribution in [2.75, 3.05) is 12.4 Å². The van der Waals surface area contributed by atoms with Gasteiger partial charge in [-0.1, -0.05) is 27.5 Å². The molecule has 0 heterocycles. The zero-order valence-corrected chi connectivity index (χ0v) is 14.7. The number of halogens is 3. The van der Waals surface area contributed by atoms with E-state index < -0.39 is 0 Å². The van der Waals surface area contributed by atoms with Crippen LogP contribution < -0.4 is 10.1 Å². The van der Waals surface area contributed by atoms with Crippen LogP contribution in [0.1, 0.15) is 5.56 Å². The zero-order chi connectivity index (χ0) is 13.8. The molecule has 0 spiro atoms. The molecule has 2 rings (SSSR count). The Morgan fingerprint density at radius 2 is 2.05 bits per heavy atom. The number of methoxy groups -OCH3 is 1. The summed E-state index contributed by atoms with van der Waals surface area (Å²) in [5.41, 5.74) is 2.05. The average Bonchev–Trinajstić information content (AvgIpc) is 2.39. The SMILES string of the molecule is COc1ccc(Br)c(CNc2ccc(I)cc2Cl)c1. The Kier molecular flexibility index (Phi) is 5.36. The zero-order valence-electron chi connectivity index (χ0n) is 10.2. The van der Waals surface area contributed by atoms with Crippen molar-refractivity contribution < 1.29 is 4.74 Å². The summed E-state index contributed by atoms with van der Waals surface area (Å²) in [5.74, 6) is 0.841. The minimum Gasteiger partial charge on any atom is -0.497 e. The summed E-state index contributed by atoms with van der Waals surface area (Å²) in [7, 11) is 1.66. The van der Waals surface area contributed by atoms with E-state index in [1.54, 1.807) is 7.11 Å². The van der Waals surface area contributed by atoms with E-state index in [1.807, 2.05) is 36.4 Å². The van der Waals surface area contributed by atoms with Gasteiger partial charge in [0.2, 0.25) is 0 Å². The molecule has 0 atom stereocenters. The maximum Gasteiger partial charge on any atom is 0.119 e. The highest BCUT2D eigenvalue weighted by Gasteiger charge is 2.04. The molecule has 100 valence electrons. The summed E-state index contributed by atoms with van der Waals surface area (Å²) in [6.07, 6.45) is 0. The van der Waals surface area contributed by atoms with E-state index in [0.29, 0.717) is 6.54 Å². The summed E-state index contributed by atoms with van der Waals surface area (Å²) in [4.78, 5) is 0. The van der Waals surface area contributed by atoms with Gasteiger partial charge in [0.25, 0.3) is 0 Å². The second-order valence-electron chi connectivity index (χ2n) is 3.94. The first-order valence-corrected chi connectivity index (χ1v) is 7.86. The Morgan fingerprint density at radius 1 is 1.26 bits per heavy atom. The molecule has 2 aromatic rings. The molecule has 0 aliphatic rings. The van der Waals surface area contributed by atoms with Crippen molar-refractivity contribution in [3.05, 3.63) is 55.0 Å². The third-order valence-electron chi connectivity index (χ3n) is 2.65. The lowest BCUT2D eigenvalue weighted by Gasteiger charge is -2.11. The molecule has 2 nitrogen and oxygen atoms in total. The van der Waals surface area contributed by atoms with Crippen molar-refractivity contribution in [1.29, 1.82) is 0 Å². The molecule has 2 aromatic carbocycles. The number of nitrogens with one attached hydrogen (secondary N) is 1. The largest absolute Gasteiger partial charge is 0.497 e. The molecule has 19 heavy (non-hydrogen) atoms. The third-order valence-corrected chi connectivity index (χ3v) is 4.41. The predicted octanol–water partition coefficient (Wildman–Crippen LogP) is 5.33. The Balaban J connectivity index is 2.14. The van der Waals surface area contributed by atoms with E-state index in [4.69, 9.17) is 16.3 Å². The molecule has 0 bridgehead atoms. The maximum absolute atomic E-state index is 6.19. The first kappa shape index (κ1) is 14.9. The standard InChI is InChI=1S/C14H12BrClINO/c1-19-11-3-4-12(15)9(6-11)8-18-14-5-2-10(17)7-13(14)16/h2-7,18H,8H2,1H3. The van der Waals surface area contributed by atoms with E-state index >= 15 is 0 Å². The second kappa shape index (κ2) is 6.81. The monoisotopic (exact) mass is 451 g/mol. The molecule has 5 heteroatoms. The fourth-order valence-corrected chi connectivity index (χ4v) is 2.95. The highest BCUT2D eigenvalue weighted by Crippen LogP contribution is 2.27. The van der Waals surface area contributed by atoms with Gasteiger partial charge in [-0.15, -0.1) is 0 Å². The number of hydrogen-bond donors (Lipinski definition) is 1. The van der Waals surface area contributed by atoms with Crippen molar-refractivity contribution in [2.24, 2.45) is 0 Å². The number of ether oxygens (including phenoxy) is 1. The Morgan fingerprint density at radius 3 is 2.74 bits per heavy atom. The molecule has 0 unspecified atom stereocenters. The molecular weight excluding hydrogens is 440 g/mol. The van der Waals surface area contributed by atoms with Crippen LogP contribution in [0.3, 0.4) is 0 Å². The van der Waals surface area contributed by atoms with Gasteiger partial charge in [-0.25, -0.2) is 0 Å². The van der Waals surface area contributed by atoms with Crippen molar-refractivity contribution in [3.63, 3.8) is 0 Å². The van der Waals surface area contributed by atoms with Gasteiger partial charge in [-0.05, 0) is 64.6 Å². The number of benzene rings is 2. The van der Waals surface area contributed by atoms with Crippen LogP contribution in [0.2, 0.25) is 5.02 Å². The lowest BCUT2D eigenvalue weighted by atomic mass is 10.2. The highest BCUT2D eigenvalue weighted by atomic mass is 127. The average molecular weight is 453 g/mol. The van der Waals surface area contributed by atoms with Gasteiger partial charge < -0.3 is 10.1 Å². The lowest BCUT2D eigenvalue weighted by molar-refractivity contribution is 0.414. The molecule has 0 aromatic heterocycles. The minimum absolute atomic E-state index is 0.679. The number of anilines is 1. The quantitative estimate of drug-likeness (QED) is 0.634. The van der Waals surface area contributed by atoms with Crippen LogP contribution >= 0.6 is 50.1 Å². The predicted molar refractivity (Wildman–Crippen MR) is 92.2 cm³/mol. The summed E-state index contributed by atoms with van der Waals surface area (Å²) in [6.45, 7) is 0.679. The van der Waals surface area contributed by atoms with Crippen LogP contribution in [-0.2, 0) is 6.54 Å². The highest BCUT2D eigenvalue weighted by molar-refractivity contribution is 14.1. The van der Waals surface area contributed by atoms with Gasteiger partial charge in [0, 0.05) is 14.6 Å². The van der Waals surface area contributed by atoms with Crippen molar-refractivity contribution >= 4 is 55.8 Å². The van der Waals surface area contributed by atoms with Crippen LogP contribution in [0.4, 0.5) is 5.69 Å². The first-order chi connectivity index (χ1) is 9.10. The first-order valence-electron chi connectivity index (χ1n) is 5.61. The van der Waals surface area contributed by atoms with E-state index in [2.05, 4.69) is 43.8 Å². The van der Waals surface area contributed by atoms with Crippen LogP contribution in [0, 0.1) is 3.57 Å². The fourth-order valence-electron chi connectivity index (χ4n) is 1.64. The van der Waals surface area contributed by atoms with E-state index in [1.165, 1.54) is 0 Å². The Bertz CT molecular complexity index is 592. The minimum atomic E-state index is 0.679. The van der Waals surface area contributed by atoms with Gasteiger partial charge in [0.05, 0.1) is 17.8 Å². The molecule has 0 amide bonds. The van der Waals surface area contributed by atoms with Crippen LogP contribution in [0.5, 0.6) is 5.75 Å². The van der Waals surface area contributed by atoms with E-state index in [9.17, 15) is 0 Å². The molecular formula is C14H12BrClINO. The lowest BCUT2D eigenvalue weighted by Crippen LogP contribution is -2.01. The van der Waals surface area contributed by atoms with Crippen molar-refractivity contribution in [3.8, 4) is 5.75 Å². The fraction of sp³-hybridized carbons (Fsp3) is 0.143. The van der Waals surface area contributed by atoms with Gasteiger partial charge >= 0.3 is 0 Å². The van der Waals surface area contributed by atoms with E-state index in [0.717, 1.165) is 30.1 Å². The number of rotatable bonds is 4. The third kappa shape index (κ3) is 4.00. The van der Waals surface area contributed by atoms with Crippen molar-refractivity contribution in [1.82, 2.24) is 0 Å². The van der Waals surface area contributed by atoms with Gasteiger partial charge in [0.15, 0.2) is 0 Å². The summed E-state index contributed by atoms with van der Waals surface area (Å²) < 4.78 is 7.39. The smallest absolute Gasteiger partial charge is 0.119 e. The van der Waals surface area contributed by atoms with Crippen LogP contribution in [0.25, 0.3) is 0 Å². The van der Waals surface area contributed by atoms with Crippen LogP contribution in [0.15, 0.2) is 40.9 Å².